The first-order chi connectivity index (χ1) is 9.66. The molecule has 0 aliphatic heterocycles. The minimum Gasteiger partial charge on any atom is -0.475 e. The van der Waals surface area contributed by atoms with Gasteiger partial charge in [0.1, 0.15) is 0 Å². The Morgan fingerprint density at radius 3 is 1.36 bits per heavy atom. The van der Waals surface area contributed by atoms with Crippen LogP contribution >= 0.6 is 0 Å². The summed E-state index contributed by atoms with van der Waals surface area (Å²) < 4.78 is 63.5. The van der Waals surface area contributed by atoms with Crippen LogP contribution in [-0.4, -0.2) is 73.1 Å². The van der Waals surface area contributed by atoms with Crippen molar-refractivity contribution in [1.82, 2.24) is 10.2 Å². The Labute approximate surface area is 122 Å². The SMILES string of the molecule is CCNCCN(C)C.O=C(O)C(F)(F)F.O=C(O)C(F)(F)F. The summed E-state index contributed by atoms with van der Waals surface area (Å²) >= 11 is 0. The van der Waals surface area contributed by atoms with Crippen molar-refractivity contribution in [2.24, 2.45) is 0 Å². The molecule has 134 valence electrons. The van der Waals surface area contributed by atoms with Gasteiger partial charge >= 0.3 is 24.3 Å². The Bertz CT molecular complexity index is 294. The van der Waals surface area contributed by atoms with Crippen LogP contribution in [0.25, 0.3) is 0 Å². The standard InChI is InChI=1S/C6H16N2.2C2HF3O2/c1-4-7-5-6-8(2)3;2*3-2(4,5)1(6)7/h7H,4-6H2,1-3H3;2*(H,6,7). The topological polar surface area (TPSA) is 89.9 Å². The van der Waals surface area contributed by atoms with E-state index in [9.17, 15) is 26.3 Å². The molecule has 0 atom stereocenters. The number of hydrogen-bond acceptors (Lipinski definition) is 4. The monoisotopic (exact) mass is 344 g/mol. The molecule has 0 aromatic carbocycles. The number of rotatable bonds is 4. The molecule has 0 bridgehead atoms. The lowest BCUT2D eigenvalue weighted by Crippen LogP contribution is -2.26. The average molecular weight is 344 g/mol. The first-order valence-electron chi connectivity index (χ1n) is 5.61. The lowest BCUT2D eigenvalue weighted by atomic mass is 10.5. The van der Waals surface area contributed by atoms with Gasteiger partial charge in [0.05, 0.1) is 0 Å². The Balaban J connectivity index is -0.000000247. The molecule has 0 aromatic rings. The van der Waals surface area contributed by atoms with E-state index in [0.717, 1.165) is 19.6 Å². The van der Waals surface area contributed by atoms with Crippen molar-refractivity contribution in [3.05, 3.63) is 0 Å². The lowest BCUT2D eigenvalue weighted by Gasteiger charge is -2.08. The minimum absolute atomic E-state index is 1.08. The second kappa shape index (κ2) is 12.0. The molecule has 0 rings (SSSR count). The molecule has 12 heteroatoms. The van der Waals surface area contributed by atoms with Gasteiger partial charge < -0.3 is 20.4 Å². The summed E-state index contributed by atoms with van der Waals surface area (Å²) in [6.45, 7) is 5.43. The summed E-state index contributed by atoms with van der Waals surface area (Å²) in [5.41, 5.74) is 0. The fraction of sp³-hybridized carbons (Fsp3) is 0.800. The number of alkyl halides is 6. The van der Waals surface area contributed by atoms with Crippen molar-refractivity contribution < 1.29 is 46.1 Å². The van der Waals surface area contributed by atoms with Gasteiger partial charge in [-0.05, 0) is 20.6 Å². The van der Waals surface area contributed by atoms with Gasteiger partial charge in [-0.15, -0.1) is 0 Å². The van der Waals surface area contributed by atoms with E-state index in [1.807, 2.05) is 0 Å². The molecule has 0 saturated carbocycles. The first kappa shape index (κ1) is 25.4. The summed E-state index contributed by atoms with van der Waals surface area (Å²) in [7, 11) is 4.16. The molecular weight excluding hydrogens is 326 g/mol. The maximum atomic E-state index is 10.6. The van der Waals surface area contributed by atoms with Crippen LogP contribution in [0.2, 0.25) is 0 Å². The fourth-order valence-electron chi connectivity index (χ4n) is 0.479. The van der Waals surface area contributed by atoms with Gasteiger partial charge in [-0.25, -0.2) is 9.59 Å². The molecule has 0 aliphatic carbocycles. The molecule has 0 fully saturated rings. The predicted octanol–water partition coefficient (Wildman–Crippen LogP) is 1.42. The number of nitrogens with one attached hydrogen (secondary N) is 1. The molecule has 6 nitrogen and oxygen atoms in total. The highest BCUT2D eigenvalue weighted by molar-refractivity contribution is 5.73. The molecule has 0 amide bonds. The molecule has 3 N–H and O–H groups in total. The highest BCUT2D eigenvalue weighted by atomic mass is 19.4. The van der Waals surface area contributed by atoms with Gasteiger partial charge in [0.2, 0.25) is 0 Å². The smallest absolute Gasteiger partial charge is 0.475 e. The number of carboxylic acid groups (broad SMARTS) is 2. The van der Waals surface area contributed by atoms with E-state index in [0.29, 0.717) is 0 Å². The number of carbonyl (C=O) groups is 2. The maximum Gasteiger partial charge on any atom is 0.490 e. The number of aliphatic carboxylic acids is 2. The summed E-state index contributed by atoms with van der Waals surface area (Å²) in [6, 6.07) is 0. The number of hydrogen-bond donors (Lipinski definition) is 3. The van der Waals surface area contributed by atoms with Crippen molar-refractivity contribution in [2.75, 3.05) is 33.7 Å². The summed E-state index contributed by atoms with van der Waals surface area (Å²) in [6.07, 6.45) is -10.2. The minimum atomic E-state index is -5.08. The molecule has 0 saturated heterocycles. The Hall–Kier alpha value is -1.56. The highest BCUT2D eigenvalue weighted by Crippen LogP contribution is 2.13. The zero-order chi connectivity index (χ0) is 18.6. The van der Waals surface area contributed by atoms with Gasteiger partial charge in [0.25, 0.3) is 0 Å². The van der Waals surface area contributed by atoms with Crippen LogP contribution in [0.4, 0.5) is 26.3 Å². The molecule has 0 aliphatic rings. The van der Waals surface area contributed by atoms with Crippen LogP contribution in [-0.2, 0) is 9.59 Å². The molecule has 22 heavy (non-hydrogen) atoms. The molecule has 0 spiro atoms. The Morgan fingerprint density at radius 1 is 0.955 bits per heavy atom. The van der Waals surface area contributed by atoms with Gasteiger partial charge in [-0.3, -0.25) is 0 Å². The molecule has 0 heterocycles. The van der Waals surface area contributed by atoms with E-state index in [1.54, 1.807) is 0 Å². The van der Waals surface area contributed by atoms with Gasteiger partial charge in [0.15, 0.2) is 0 Å². The Morgan fingerprint density at radius 2 is 1.23 bits per heavy atom. The van der Waals surface area contributed by atoms with Crippen LogP contribution in [0.15, 0.2) is 0 Å². The fourth-order valence-corrected chi connectivity index (χ4v) is 0.479. The lowest BCUT2D eigenvalue weighted by molar-refractivity contribution is -0.193. The van der Waals surface area contributed by atoms with E-state index in [1.165, 1.54) is 0 Å². The Kier molecular flexibility index (Phi) is 13.9. The second-order valence-corrected chi connectivity index (χ2v) is 3.76. The zero-order valence-corrected chi connectivity index (χ0v) is 12.0. The van der Waals surface area contributed by atoms with Crippen molar-refractivity contribution >= 4 is 11.9 Å². The van der Waals surface area contributed by atoms with Crippen molar-refractivity contribution in [3.8, 4) is 0 Å². The summed E-state index contributed by atoms with van der Waals surface area (Å²) in [4.78, 5) is 20.0. The molecule has 0 unspecified atom stereocenters. The van der Waals surface area contributed by atoms with Crippen LogP contribution in [0.3, 0.4) is 0 Å². The normalized spacial score (nSPS) is 11.0. The van der Waals surface area contributed by atoms with Crippen LogP contribution in [0, 0.1) is 0 Å². The third-order valence-corrected chi connectivity index (χ3v) is 1.47. The summed E-state index contributed by atoms with van der Waals surface area (Å²) in [5.74, 6) is -5.51. The van der Waals surface area contributed by atoms with E-state index < -0.39 is 24.3 Å². The third kappa shape index (κ3) is 23.5. The van der Waals surface area contributed by atoms with Gasteiger partial charge in [-0.1, -0.05) is 6.92 Å². The largest absolute Gasteiger partial charge is 0.490 e. The van der Waals surface area contributed by atoms with Crippen LogP contribution in [0.5, 0.6) is 0 Å². The van der Waals surface area contributed by atoms with Crippen molar-refractivity contribution in [3.63, 3.8) is 0 Å². The quantitative estimate of drug-likeness (QED) is 0.528. The van der Waals surface area contributed by atoms with Crippen molar-refractivity contribution in [2.45, 2.75) is 19.3 Å². The number of halogens is 6. The van der Waals surface area contributed by atoms with Crippen LogP contribution < -0.4 is 5.32 Å². The molecule has 0 radical (unpaired) electrons. The molecular formula is C10H18F6N2O4. The zero-order valence-electron chi connectivity index (χ0n) is 12.0. The maximum absolute atomic E-state index is 10.6. The second-order valence-electron chi connectivity index (χ2n) is 3.76. The number of nitrogens with zero attached hydrogens (tertiary/aromatic N) is 1. The highest BCUT2D eigenvalue weighted by Gasteiger charge is 2.38. The van der Waals surface area contributed by atoms with Crippen molar-refractivity contribution in [1.29, 1.82) is 0 Å². The average Bonchev–Trinajstić information content (AvgIpc) is 2.27. The van der Waals surface area contributed by atoms with E-state index in [-0.39, 0.29) is 0 Å². The number of carboxylic acids is 2. The predicted molar refractivity (Wildman–Crippen MR) is 64.5 cm³/mol. The third-order valence-electron chi connectivity index (χ3n) is 1.47. The van der Waals surface area contributed by atoms with E-state index >= 15 is 0 Å². The number of likely N-dealkylation sites (N-methyl/N-ethyl adjacent to an activating group) is 2. The van der Waals surface area contributed by atoms with Crippen LogP contribution in [0.1, 0.15) is 6.92 Å². The first-order valence-corrected chi connectivity index (χ1v) is 5.61. The van der Waals surface area contributed by atoms with E-state index in [4.69, 9.17) is 19.8 Å². The van der Waals surface area contributed by atoms with E-state index in [2.05, 4.69) is 31.2 Å². The molecule has 0 aromatic heterocycles. The van der Waals surface area contributed by atoms with Gasteiger partial charge in [-0.2, -0.15) is 26.3 Å². The summed E-state index contributed by atoms with van der Waals surface area (Å²) in [5, 5.41) is 17.5. The van der Waals surface area contributed by atoms with Gasteiger partial charge in [0, 0.05) is 13.1 Å².